The predicted molar refractivity (Wildman–Crippen MR) is 306 cm³/mol. The lowest BCUT2D eigenvalue weighted by atomic mass is 9.73. The van der Waals surface area contributed by atoms with Crippen molar-refractivity contribution in [1.82, 2.24) is 0 Å². The first-order valence-electron chi connectivity index (χ1n) is 25.3. The van der Waals surface area contributed by atoms with Crippen LogP contribution in [0.3, 0.4) is 0 Å². The highest BCUT2D eigenvalue weighted by molar-refractivity contribution is 6.23. The van der Waals surface area contributed by atoms with Crippen molar-refractivity contribution in [3.8, 4) is 33.4 Å². The Labute approximate surface area is 421 Å². The van der Waals surface area contributed by atoms with E-state index in [1.54, 1.807) is 0 Å². The molecule has 0 amide bonds. The summed E-state index contributed by atoms with van der Waals surface area (Å²) in [6.07, 6.45) is 0. The van der Waals surface area contributed by atoms with E-state index in [9.17, 15) is 0 Å². The number of hydrogen-bond donors (Lipinski definition) is 0. The summed E-state index contributed by atoms with van der Waals surface area (Å²) in [6.45, 7) is 9.45. The van der Waals surface area contributed by atoms with Crippen molar-refractivity contribution in [2.24, 2.45) is 0 Å². The fourth-order valence-electron chi connectivity index (χ4n) is 12.5. The van der Waals surface area contributed by atoms with Gasteiger partial charge in [0.15, 0.2) is 0 Å². The third kappa shape index (κ3) is 6.35. The Morgan fingerprint density at radius 2 is 0.583 bits per heavy atom. The highest BCUT2D eigenvalue weighted by Crippen LogP contribution is 2.56. The first-order chi connectivity index (χ1) is 35.2. The Balaban J connectivity index is 1.07. The van der Waals surface area contributed by atoms with Crippen LogP contribution in [0.1, 0.15) is 49.9 Å². The maximum atomic E-state index is 2.50. The topological polar surface area (TPSA) is 6.48 Å². The van der Waals surface area contributed by atoms with Crippen LogP contribution >= 0.6 is 0 Å². The molecule has 0 spiro atoms. The molecule has 0 unspecified atom stereocenters. The first kappa shape index (κ1) is 42.2. The molecule has 0 N–H and O–H groups in total. The molecule has 0 aliphatic carbocycles. The van der Waals surface area contributed by atoms with Crippen LogP contribution in [0.5, 0.6) is 0 Å². The van der Waals surface area contributed by atoms with E-state index in [0.717, 1.165) is 11.4 Å². The van der Waals surface area contributed by atoms with Crippen LogP contribution in [-0.4, -0.2) is 0 Å². The Hall–Kier alpha value is -8.72. The van der Waals surface area contributed by atoms with Crippen LogP contribution in [0.2, 0.25) is 0 Å². The van der Waals surface area contributed by atoms with Crippen molar-refractivity contribution in [2.45, 2.75) is 38.5 Å². The molecule has 2 heteroatoms. The SMILES string of the molecule is CC1(C)c2ccccc2N(c2ccc3c(-c4ccc5ccccc5c4)c4cc(N5c6ccccc6C(C)(C)c6ccccc65)ccc4c(-c4ccc(-c5ccc6ccccc6c5)cc4)c3c2)c2ccccc21. The monoisotopic (exact) mass is 920 g/mol. The zero-order valence-electron chi connectivity index (χ0n) is 41.0. The van der Waals surface area contributed by atoms with Crippen molar-refractivity contribution in [2.75, 3.05) is 9.80 Å². The molecule has 0 bridgehead atoms. The summed E-state index contributed by atoms with van der Waals surface area (Å²) < 4.78 is 0. The Kier molecular flexibility index (Phi) is 9.32. The quantitative estimate of drug-likeness (QED) is 0.159. The van der Waals surface area contributed by atoms with Crippen LogP contribution in [0, 0.1) is 0 Å². The second kappa shape index (κ2) is 15.9. The highest BCUT2D eigenvalue weighted by Gasteiger charge is 2.38. The van der Waals surface area contributed by atoms with Crippen molar-refractivity contribution in [3.05, 3.63) is 265 Å². The maximum Gasteiger partial charge on any atom is 0.0502 e. The number of benzene rings is 12. The van der Waals surface area contributed by atoms with Gasteiger partial charge in [0.05, 0.1) is 22.7 Å². The van der Waals surface area contributed by atoms with E-state index < -0.39 is 0 Å². The van der Waals surface area contributed by atoms with Crippen LogP contribution in [0.4, 0.5) is 34.1 Å². The average molecular weight is 921 g/mol. The van der Waals surface area contributed by atoms with Gasteiger partial charge in [-0.05, 0) is 159 Å². The zero-order chi connectivity index (χ0) is 48.3. The molecular formula is C70H52N2. The molecule has 0 atom stereocenters. The molecule has 342 valence electrons. The van der Waals surface area contributed by atoms with E-state index >= 15 is 0 Å². The largest absolute Gasteiger partial charge is 0.310 e. The summed E-state index contributed by atoms with van der Waals surface area (Å²) in [7, 11) is 0. The molecule has 2 nitrogen and oxygen atoms in total. The normalized spacial score (nSPS) is 14.3. The second-order valence-electron chi connectivity index (χ2n) is 20.9. The van der Waals surface area contributed by atoms with Gasteiger partial charge in [0, 0.05) is 22.2 Å². The number of hydrogen-bond acceptors (Lipinski definition) is 2. The van der Waals surface area contributed by atoms with Crippen molar-refractivity contribution >= 4 is 77.2 Å². The Bertz CT molecular complexity index is 4080. The van der Waals surface area contributed by atoms with Gasteiger partial charge in [0.2, 0.25) is 0 Å². The third-order valence-electron chi connectivity index (χ3n) is 16.2. The summed E-state index contributed by atoms with van der Waals surface area (Å²) in [6, 6.07) is 90.9. The highest BCUT2D eigenvalue weighted by atomic mass is 15.2. The summed E-state index contributed by atoms with van der Waals surface area (Å²) in [5.41, 5.74) is 19.3. The van der Waals surface area contributed by atoms with E-state index in [0.29, 0.717) is 0 Å². The first-order valence-corrected chi connectivity index (χ1v) is 25.3. The molecule has 2 heterocycles. The van der Waals surface area contributed by atoms with Gasteiger partial charge in [-0.25, -0.2) is 0 Å². The molecule has 72 heavy (non-hydrogen) atoms. The van der Waals surface area contributed by atoms with Crippen LogP contribution in [0.15, 0.2) is 243 Å². The Morgan fingerprint density at radius 1 is 0.250 bits per heavy atom. The molecule has 12 aromatic rings. The van der Waals surface area contributed by atoms with Crippen molar-refractivity contribution < 1.29 is 0 Å². The Morgan fingerprint density at radius 3 is 1.03 bits per heavy atom. The smallest absolute Gasteiger partial charge is 0.0502 e. The molecule has 0 saturated carbocycles. The number of nitrogens with zero attached hydrogens (tertiary/aromatic N) is 2. The van der Waals surface area contributed by atoms with Crippen LogP contribution < -0.4 is 9.80 Å². The summed E-state index contributed by atoms with van der Waals surface area (Å²) in [5, 5.41) is 9.81. The molecule has 0 radical (unpaired) electrons. The van der Waals surface area contributed by atoms with E-state index in [1.165, 1.54) is 121 Å². The number of anilines is 6. The van der Waals surface area contributed by atoms with Crippen LogP contribution in [0.25, 0.3) is 76.5 Å². The van der Waals surface area contributed by atoms with Crippen LogP contribution in [-0.2, 0) is 10.8 Å². The summed E-state index contributed by atoms with van der Waals surface area (Å²) >= 11 is 0. The maximum absolute atomic E-state index is 2.50. The van der Waals surface area contributed by atoms with Gasteiger partial charge in [-0.2, -0.15) is 0 Å². The lowest BCUT2D eigenvalue weighted by Crippen LogP contribution is -2.30. The van der Waals surface area contributed by atoms with E-state index in [4.69, 9.17) is 0 Å². The molecular weight excluding hydrogens is 869 g/mol. The molecule has 14 rings (SSSR count). The van der Waals surface area contributed by atoms with E-state index in [2.05, 4.69) is 280 Å². The van der Waals surface area contributed by atoms with E-state index in [1.807, 2.05) is 0 Å². The standard InChI is InChI=1S/C70H52N2/c1-69(2)59-21-9-13-25-63(59)71(64-26-14-10-22-60(64)69)53-38-40-56-57(43-53)67(48-33-29-47(30-34-48)51-35-31-45-17-5-7-19-49(45)41-51)55-39-37-54(44-58(55)68(56)52-36-32-46-18-6-8-20-50(46)42-52)72-65-27-15-11-23-61(65)70(3,4)62-24-12-16-28-66(62)72/h5-44H,1-4H3. The van der Waals surface area contributed by atoms with Crippen molar-refractivity contribution in [3.63, 3.8) is 0 Å². The number of fused-ring (bicyclic) bond motifs is 8. The number of para-hydroxylation sites is 4. The van der Waals surface area contributed by atoms with Gasteiger partial charge in [0.25, 0.3) is 0 Å². The van der Waals surface area contributed by atoms with Gasteiger partial charge in [-0.3, -0.25) is 0 Å². The number of rotatable bonds is 5. The molecule has 0 saturated heterocycles. The molecule has 12 aromatic carbocycles. The average Bonchev–Trinajstić information content (AvgIpc) is 3.42. The minimum Gasteiger partial charge on any atom is -0.310 e. The van der Waals surface area contributed by atoms with Gasteiger partial charge >= 0.3 is 0 Å². The summed E-state index contributed by atoms with van der Waals surface area (Å²) in [5.74, 6) is 0. The van der Waals surface area contributed by atoms with Gasteiger partial charge in [-0.15, -0.1) is 0 Å². The molecule has 0 aromatic heterocycles. The minimum atomic E-state index is -0.166. The molecule has 2 aliphatic rings. The second-order valence-corrected chi connectivity index (χ2v) is 20.9. The molecule has 0 fully saturated rings. The van der Waals surface area contributed by atoms with Gasteiger partial charge < -0.3 is 9.80 Å². The zero-order valence-corrected chi connectivity index (χ0v) is 41.0. The lowest BCUT2D eigenvalue weighted by molar-refractivity contribution is 0.632. The van der Waals surface area contributed by atoms with Gasteiger partial charge in [0.1, 0.15) is 0 Å². The third-order valence-corrected chi connectivity index (χ3v) is 16.2. The summed E-state index contributed by atoms with van der Waals surface area (Å²) in [4.78, 5) is 5.00. The fraction of sp³-hybridized carbons (Fsp3) is 0.0857. The molecule has 2 aliphatic heterocycles. The van der Waals surface area contributed by atoms with Gasteiger partial charge in [-0.1, -0.05) is 210 Å². The fourth-order valence-corrected chi connectivity index (χ4v) is 12.5. The van der Waals surface area contributed by atoms with Crippen molar-refractivity contribution in [1.29, 1.82) is 0 Å². The van der Waals surface area contributed by atoms with E-state index in [-0.39, 0.29) is 10.8 Å². The predicted octanol–water partition coefficient (Wildman–Crippen LogP) is 19.5. The lowest BCUT2D eigenvalue weighted by Gasteiger charge is -2.42. The minimum absolute atomic E-state index is 0.165.